The quantitative estimate of drug-likeness (QED) is 0.192. The number of rotatable bonds is 6. The van der Waals surface area contributed by atoms with Crippen molar-refractivity contribution in [3.8, 4) is 0 Å². The number of β-lactam (4-membered cyclic amide) rings is 1. The lowest BCUT2D eigenvalue weighted by atomic mass is 9.96. The molecule has 1 aliphatic rings. The molecule has 4 atom stereocenters. The van der Waals surface area contributed by atoms with Crippen molar-refractivity contribution in [2.24, 2.45) is 11.7 Å². The van der Waals surface area contributed by atoms with Gasteiger partial charge >= 0.3 is 12.2 Å². The van der Waals surface area contributed by atoms with E-state index in [2.05, 4.69) is 10.1 Å². The highest BCUT2D eigenvalue weighted by Crippen LogP contribution is 2.35. The number of carbonyl (C=O) groups excluding carboxylic acids is 3. The van der Waals surface area contributed by atoms with E-state index in [1.165, 1.54) is 6.92 Å². The maximum absolute atomic E-state index is 11.8. The van der Waals surface area contributed by atoms with Gasteiger partial charge in [0.25, 0.3) is 0 Å². The van der Waals surface area contributed by atoms with Crippen LogP contribution in [0, 0.1) is 5.92 Å². The normalized spacial score (nSPS) is 21.7. The number of carbonyl (C=O) groups is 3. The van der Waals surface area contributed by atoms with Crippen molar-refractivity contribution in [1.82, 2.24) is 5.32 Å². The molecule has 14 heteroatoms. The average molecular weight is 486 g/mol. The third-order valence-corrected chi connectivity index (χ3v) is 5.78. The summed E-state index contributed by atoms with van der Waals surface area (Å²) in [6.07, 6.45) is -2.77. The van der Waals surface area contributed by atoms with Crippen molar-refractivity contribution in [1.29, 1.82) is 0 Å². The van der Waals surface area contributed by atoms with E-state index in [1.54, 1.807) is 6.92 Å². The first-order valence-electron chi connectivity index (χ1n) is 6.93. The van der Waals surface area contributed by atoms with Gasteiger partial charge in [0.15, 0.2) is 5.44 Å². The number of alkyl halides is 3. The van der Waals surface area contributed by atoms with Crippen molar-refractivity contribution in [2.75, 3.05) is 6.61 Å². The van der Waals surface area contributed by atoms with Gasteiger partial charge in [0.1, 0.15) is 22.2 Å². The number of nitrogens with one attached hydrogen (secondary N) is 1. The Labute approximate surface area is 178 Å². The van der Waals surface area contributed by atoms with E-state index in [1.807, 2.05) is 0 Å². The molecule has 0 aliphatic carbocycles. The van der Waals surface area contributed by atoms with Gasteiger partial charge < -0.3 is 25.3 Å². The molecule has 1 rings (SSSR count). The molecule has 148 valence electrons. The molecule has 1 heterocycles. The van der Waals surface area contributed by atoms with E-state index in [0.717, 1.165) is 23.5 Å². The molecule has 1 saturated heterocycles. The maximum atomic E-state index is 11.8. The van der Waals surface area contributed by atoms with Gasteiger partial charge in [-0.2, -0.15) is 0 Å². The van der Waals surface area contributed by atoms with E-state index in [4.69, 9.17) is 62.2 Å². The van der Waals surface area contributed by atoms with Crippen molar-refractivity contribution in [3.05, 3.63) is 0 Å². The lowest BCUT2D eigenvalue weighted by Crippen LogP contribution is -2.61. The lowest BCUT2D eigenvalue weighted by molar-refractivity contribution is -0.137. The van der Waals surface area contributed by atoms with Gasteiger partial charge in [-0.05, 0) is 13.8 Å². The fourth-order valence-corrected chi connectivity index (χ4v) is 4.89. The highest BCUT2D eigenvalue weighted by molar-refractivity contribution is 8.47. The Bertz CT molecular complexity index is 577. The fourth-order valence-electron chi connectivity index (χ4n) is 1.78. The first-order chi connectivity index (χ1) is 11.9. The zero-order chi connectivity index (χ0) is 20.1. The highest BCUT2D eigenvalue weighted by atomic mass is 35.6. The van der Waals surface area contributed by atoms with Crippen molar-refractivity contribution >= 4 is 92.2 Å². The van der Waals surface area contributed by atoms with E-state index < -0.39 is 45.5 Å². The van der Waals surface area contributed by atoms with Crippen LogP contribution >= 0.6 is 70.5 Å². The molecule has 0 aromatic carbocycles. The summed E-state index contributed by atoms with van der Waals surface area (Å²) in [4.78, 5) is 34.0. The minimum absolute atomic E-state index is 0.307. The average Bonchev–Trinajstić information content (AvgIpc) is 2.42. The van der Waals surface area contributed by atoms with Crippen LogP contribution in [0.2, 0.25) is 0 Å². The first kappa shape index (κ1) is 23.7. The van der Waals surface area contributed by atoms with Gasteiger partial charge in [-0.3, -0.25) is 4.79 Å². The van der Waals surface area contributed by atoms with Gasteiger partial charge in [0.2, 0.25) is 9.70 Å². The van der Waals surface area contributed by atoms with E-state index in [0.29, 0.717) is 3.53 Å². The van der Waals surface area contributed by atoms with Gasteiger partial charge in [0.05, 0.1) is 5.37 Å². The monoisotopic (exact) mass is 484 g/mol. The molecule has 1 aliphatic heterocycles. The van der Waals surface area contributed by atoms with Gasteiger partial charge in [0, 0.05) is 0 Å². The number of halogens is 3. The molecule has 0 aromatic rings. The van der Waals surface area contributed by atoms with Crippen LogP contribution in [0.3, 0.4) is 0 Å². The van der Waals surface area contributed by atoms with Crippen molar-refractivity contribution in [2.45, 2.75) is 34.6 Å². The number of thioether (sulfide) groups is 2. The van der Waals surface area contributed by atoms with Crippen molar-refractivity contribution < 1.29 is 28.6 Å². The predicted octanol–water partition coefficient (Wildman–Crippen LogP) is 3.16. The number of thiocarbonyl (C=S) groups is 1. The van der Waals surface area contributed by atoms with Gasteiger partial charge in [-0.25, -0.2) is 9.59 Å². The zero-order valence-corrected chi connectivity index (χ0v) is 18.1. The summed E-state index contributed by atoms with van der Waals surface area (Å²) in [5.41, 5.74) is 4.34. The molecule has 0 spiro atoms. The third-order valence-electron chi connectivity index (χ3n) is 2.82. The van der Waals surface area contributed by atoms with E-state index >= 15 is 0 Å². The lowest BCUT2D eigenvalue weighted by Gasteiger charge is -2.38. The van der Waals surface area contributed by atoms with Crippen molar-refractivity contribution in [3.63, 3.8) is 0 Å². The summed E-state index contributed by atoms with van der Waals surface area (Å²) < 4.78 is 13.1. The van der Waals surface area contributed by atoms with Crippen LogP contribution in [0.1, 0.15) is 13.8 Å². The van der Waals surface area contributed by atoms with E-state index in [9.17, 15) is 14.4 Å². The summed E-state index contributed by atoms with van der Waals surface area (Å²) in [5, 5.41) is 2.23. The van der Waals surface area contributed by atoms with E-state index in [-0.39, 0.29) is 5.91 Å². The molecule has 4 unspecified atom stereocenters. The molecule has 2 amide bonds. The molecule has 1 fully saturated rings. The summed E-state index contributed by atoms with van der Waals surface area (Å²) in [5.74, 6) is -0.954. The summed E-state index contributed by atoms with van der Waals surface area (Å²) in [6, 6.07) is 0. The molecule has 3 N–H and O–H groups in total. The Hall–Kier alpha value is -0.330. The van der Waals surface area contributed by atoms with Crippen LogP contribution in [0.4, 0.5) is 9.59 Å². The topological polar surface area (TPSA) is 117 Å². The molecule has 0 radical (unpaired) electrons. The largest absolute Gasteiger partial charge is 0.508 e. The van der Waals surface area contributed by atoms with Crippen LogP contribution in [-0.4, -0.2) is 49.0 Å². The molecule has 0 saturated carbocycles. The molecular formula is C12H15Cl3N2O6S3. The predicted molar refractivity (Wildman–Crippen MR) is 106 cm³/mol. The smallest absolute Gasteiger partial charge is 0.435 e. The summed E-state index contributed by atoms with van der Waals surface area (Å²) in [7, 11) is 0. The fraction of sp³-hybridized carbons (Fsp3) is 0.667. The minimum Gasteiger partial charge on any atom is -0.435 e. The Balaban J connectivity index is 2.47. The number of hydrogen-bond acceptors (Lipinski definition) is 9. The first-order valence-corrected chi connectivity index (χ1v) is 10.2. The van der Waals surface area contributed by atoms with Crippen LogP contribution in [0.5, 0.6) is 0 Å². The standard InChI is InChI=1S/C12H15Cl3N2O6S3/c1-4(22-10(20)21-3-12(13,14)15)6-7(18)17-8(6)26-11(24)25-5(2)23-9(16)19/h4-6,8H,3H2,1-2H3,(H2,16,19)(H,17,18). The minimum atomic E-state index is -1.76. The number of primary amides is 1. The second-order valence-corrected chi connectivity index (χ2v) is 11.1. The molecule has 0 aromatic heterocycles. The number of hydrogen-bond donors (Lipinski definition) is 2. The second-order valence-electron chi connectivity index (χ2n) is 4.92. The second kappa shape index (κ2) is 10.3. The number of ether oxygens (including phenoxy) is 3. The molecular weight excluding hydrogens is 471 g/mol. The highest BCUT2D eigenvalue weighted by Gasteiger charge is 2.46. The Kier molecular flexibility index (Phi) is 9.37. The van der Waals surface area contributed by atoms with Crippen LogP contribution in [0.15, 0.2) is 0 Å². The van der Waals surface area contributed by atoms with Crippen LogP contribution < -0.4 is 11.1 Å². The Morgan fingerprint density at radius 3 is 2.46 bits per heavy atom. The molecule has 0 bridgehead atoms. The summed E-state index contributed by atoms with van der Waals surface area (Å²) in [6.45, 7) is 2.64. The van der Waals surface area contributed by atoms with Gasteiger partial charge in [-0.1, -0.05) is 70.5 Å². The third kappa shape index (κ3) is 8.57. The van der Waals surface area contributed by atoms with Gasteiger partial charge in [-0.15, -0.1) is 0 Å². The Morgan fingerprint density at radius 2 is 1.96 bits per heavy atom. The number of amides is 2. The summed E-state index contributed by atoms with van der Waals surface area (Å²) >= 11 is 23.8. The number of nitrogens with two attached hydrogens (primary N) is 1. The maximum Gasteiger partial charge on any atom is 0.508 e. The zero-order valence-electron chi connectivity index (χ0n) is 13.4. The van der Waals surface area contributed by atoms with Crippen LogP contribution in [-0.2, 0) is 19.0 Å². The SMILES string of the molecule is CC(OC(N)=O)SC(=S)SC1NC(=O)C1C(C)OC(=O)OCC(Cl)(Cl)Cl. The molecule has 26 heavy (non-hydrogen) atoms. The molecule has 8 nitrogen and oxygen atoms in total. The Morgan fingerprint density at radius 1 is 1.35 bits per heavy atom. The van der Waals surface area contributed by atoms with Crippen LogP contribution in [0.25, 0.3) is 0 Å².